The Kier molecular flexibility index (Phi) is 5.86. The van der Waals surface area contributed by atoms with Crippen LogP contribution in [0.15, 0.2) is 84.0 Å². The second-order valence-corrected chi connectivity index (χ2v) is 6.64. The highest BCUT2D eigenvalue weighted by molar-refractivity contribution is 5.94. The van der Waals surface area contributed by atoms with Crippen molar-refractivity contribution in [2.24, 2.45) is 5.10 Å². The van der Waals surface area contributed by atoms with E-state index < -0.39 is 0 Å². The molecule has 0 saturated carbocycles. The lowest BCUT2D eigenvalue weighted by atomic mass is 10.1. The van der Waals surface area contributed by atoms with Crippen molar-refractivity contribution in [3.05, 3.63) is 101 Å². The molecule has 8 nitrogen and oxygen atoms in total. The lowest BCUT2D eigenvalue weighted by Gasteiger charge is -2.03. The van der Waals surface area contributed by atoms with Gasteiger partial charge < -0.3 is 0 Å². The van der Waals surface area contributed by atoms with E-state index in [9.17, 15) is 4.79 Å². The molecule has 0 saturated heterocycles. The Morgan fingerprint density at radius 2 is 1.87 bits per heavy atom. The minimum atomic E-state index is -0.329. The Labute approximate surface area is 178 Å². The number of amides is 1. The van der Waals surface area contributed by atoms with Crippen molar-refractivity contribution >= 4 is 12.1 Å². The fraction of sp³-hybridized carbons (Fsp3) is 0.0435. The van der Waals surface area contributed by atoms with Gasteiger partial charge in [0.2, 0.25) is 5.82 Å². The van der Waals surface area contributed by atoms with Crippen molar-refractivity contribution in [3.63, 3.8) is 0 Å². The van der Waals surface area contributed by atoms with Crippen molar-refractivity contribution < 1.29 is 4.79 Å². The summed E-state index contributed by atoms with van der Waals surface area (Å²) >= 11 is 0. The van der Waals surface area contributed by atoms with Crippen LogP contribution in [0.5, 0.6) is 0 Å². The van der Waals surface area contributed by atoms with Crippen molar-refractivity contribution in [3.8, 4) is 17.5 Å². The Balaban J connectivity index is 1.35. The first kappa shape index (κ1) is 19.7. The summed E-state index contributed by atoms with van der Waals surface area (Å²) in [6, 6.07) is 25.7. The molecule has 8 heteroatoms. The number of benzene rings is 3. The number of aromatic nitrogens is 4. The van der Waals surface area contributed by atoms with Crippen molar-refractivity contribution in [1.82, 2.24) is 25.6 Å². The van der Waals surface area contributed by atoms with Gasteiger partial charge in [0.05, 0.1) is 24.4 Å². The highest BCUT2D eigenvalue weighted by Gasteiger charge is 2.07. The van der Waals surface area contributed by atoms with Gasteiger partial charge in [-0.15, -0.1) is 10.2 Å². The second-order valence-electron chi connectivity index (χ2n) is 6.64. The number of rotatable bonds is 6. The minimum absolute atomic E-state index is 0.329. The van der Waals surface area contributed by atoms with Crippen molar-refractivity contribution in [2.45, 2.75) is 6.54 Å². The van der Waals surface area contributed by atoms with Crippen LogP contribution in [-0.2, 0) is 6.54 Å². The van der Waals surface area contributed by atoms with Gasteiger partial charge >= 0.3 is 0 Å². The van der Waals surface area contributed by atoms with Gasteiger partial charge in [0.15, 0.2) is 0 Å². The number of hydrogen-bond acceptors (Lipinski definition) is 6. The van der Waals surface area contributed by atoms with Gasteiger partial charge in [-0.2, -0.15) is 15.2 Å². The molecule has 150 valence electrons. The van der Waals surface area contributed by atoms with Gasteiger partial charge in [-0.05, 0) is 40.6 Å². The van der Waals surface area contributed by atoms with Crippen molar-refractivity contribution in [2.75, 3.05) is 0 Å². The molecule has 0 aliphatic rings. The Morgan fingerprint density at radius 3 is 2.65 bits per heavy atom. The first-order valence-corrected chi connectivity index (χ1v) is 9.47. The van der Waals surface area contributed by atoms with Crippen LogP contribution >= 0.6 is 0 Å². The van der Waals surface area contributed by atoms with E-state index in [1.54, 1.807) is 36.4 Å². The normalized spacial score (nSPS) is 10.7. The molecule has 1 amide bonds. The van der Waals surface area contributed by atoms with Gasteiger partial charge in [-0.25, -0.2) is 5.43 Å². The maximum absolute atomic E-state index is 12.3. The van der Waals surface area contributed by atoms with Crippen LogP contribution in [0.3, 0.4) is 0 Å². The summed E-state index contributed by atoms with van der Waals surface area (Å²) in [5, 5.41) is 25.4. The summed E-state index contributed by atoms with van der Waals surface area (Å²) in [5.41, 5.74) is 6.06. The maximum atomic E-state index is 12.3. The van der Waals surface area contributed by atoms with Gasteiger partial charge in [-0.3, -0.25) is 4.79 Å². The van der Waals surface area contributed by atoms with E-state index in [0.717, 1.165) is 16.7 Å². The summed E-state index contributed by atoms with van der Waals surface area (Å²) in [7, 11) is 0. The van der Waals surface area contributed by atoms with E-state index in [1.807, 2.05) is 42.5 Å². The minimum Gasteiger partial charge on any atom is -0.267 e. The number of nitrogens with zero attached hydrogens (tertiary/aromatic N) is 6. The molecule has 4 aromatic rings. The van der Waals surface area contributed by atoms with Gasteiger partial charge in [0.25, 0.3) is 5.91 Å². The molecule has 0 radical (unpaired) electrons. The molecule has 0 spiro atoms. The average molecular weight is 407 g/mol. The third-order valence-electron chi connectivity index (χ3n) is 4.42. The predicted molar refractivity (Wildman–Crippen MR) is 115 cm³/mol. The Hall–Kier alpha value is -4.64. The first-order valence-electron chi connectivity index (χ1n) is 9.47. The van der Waals surface area contributed by atoms with Gasteiger partial charge in [-0.1, -0.05) is 54.6 Å². The smallest absolute Gasteiger partial charge is 0.267 e. The molecule has 1 aromatic heterocycles. The summed E-state index contributed by atoms with van der Waals surface area (Å²) in [4.78, 5) is 13.8. The third-order valence-corrected chi connectivity index (χ3v) is 4.42. The quantitative estimate of drug-likeness (QED) is 0.390. The molecule has 31 heavy (non-hydrogen) atoms. The number of carbonyl (C=O) groups is 1. The lowest BCUT2D eigenvalue weighted by molar-refractivity contribution is 0.0955. The number of nitriles is 1. The van der Waals surface area contributed by atoms with Crippen LogP contribution in [0.2, 0.25) is 0 Å². The molecule has 0 aliphatic heterocycles. The van der Waals surface area contributed by atoms with E-state index in [2.05, 4.69) is 32.0 Å². The highest BCUT2D eigenvalue weighted by atomic mass is 16.2. The van der Waals surface area contributed by atoms with E-state index in [1.165, 1.54) is 11.0 Å². The fourth-order valence-corrected chi connectivity index (χ4v) is 2.86. The first-order chi connectivity index (χ1) is 15.2. The number of nitrogens with one attached hydrogen (secondary N) is 1. The summed E-state index contributed by atoms with van der Waals surface area (Å²) in [6.45, 7) is 0.440. The van der Waals surface area contributed by atoms with Crippen LogP contribution in [0, 0.1) is 11.3 Å². The molecule has 1 N–H and O–H groups in total. The highest BCUT2D eigenvalue weighted by Crippen LogP contribution is 2.12. The van der Waals surface area contributed by atoms with E-state index in [0.29, 0.717) is 23.5 Å². The average Bonchev–Trinajstić information content (AvgIpc) is 3.29. The molecular weight excluding hydrogens is 390 g/mol. The Morgan fingerprint density at radius 1 is 1.06 bits per heavy atom. The molecule has 0 bridgehead atoms. The van der Waals surface area contributed by atoms with Crippen LogP contribution in [0.25, 0.3) is 11.4 Å². The second kappa shape index (κ2) is 9.24. The molecular formula is C23H17N7O. The predicted octanol–water partition coefficient (Wildman–Crippen LogP) is 3.02. The SMILES string of the molecule is N#Cc1cccc(/C=N/NC(=O)c2ccc(Cn3nnc(-c4ccccc4)n3)cc2)c1. The molecule has 0 unspecified atom stereocenters. The van der Waals surface area contributed by atoms with E-state index in [-0.39, 0.29) is 5.91 Å². The lowest BCUT2D eigenvalue weighted by Crippen LogP contribution is -2.17. The summed E-state index contributed by atoms with van der Waals surface area (Å²) in [5.74, 6) is 0.235. The molecule has 0 fully saturated rings. The van der Waals surface area contributed by atoms with Crippen LogP contribution in [-0.4, -0.2) is 32.3 Å². The van der Waals surface area contributed by atoms with Crippen molar-refractivity contribution in [1.29, 1.82) is 5.26 Å². The summed E-state index contributed by atoms with van der Waals surface area (Å²) < 4.78 is 0. The molecule has 0 atom stereocenters. The number of hydrazone groups is 1. The largest absolute Gasteiger partial charge is 0.271 e. The number of tetrazole rings is 1. The van der Waals surface area contributed by atoms with Gasteiger partial charge in [0.1, 0.15) is 0 Å². The van der Waals surface area contributed by atoms with E-state index >= 15 is 0 Å². The maximum Gasteiger partial charge on any atom is 0.271 e. The number of hydrogen-bond donors (Lipinski definition) is 1. The fourth-order valence-electron chi connectivity index (χ4n) is 2.86. The van der Waals surface area contributed by atoms with Crippen LogP contribution < -0.4 is 5.43 Å². The number of carbonyl (C=O) groups excluding carboxylic acids is 1. The molecule has 4 rings (SSSR count). The monoisotopic (exact) mass is 407 g/mol. The Bertz CT molecular complexity index is 1260. The topological polar surface area (TPSA) is 109 Å². The molecule has 1 heterocycles. The zero-order valence-corrected chi connectivity index (χ0v) is 16.4. The van der Waals surface area contributed by atoms with Crippen LogP contribution in [0.1, 0.15) is 27.0 Å². The zero-order chi connectivity index (χ0) is 21.5. The molecule has 0 aliphatic carbocycles. The summed E-state index contributed by atoms with van der Waals surface area (Å²) in [6.07, 6.45) is 1.49. The molecule has 3 aromatic carbocycles. The third kappa shape index (κ3) is 5.05. The standard InChI is InChI=1S/C23H17N7O/c24-14-18-5-4-6-19(13-18)15-25-27-23(31)21-11-9-17(10-12-21)16-30-28-22(26-29-30)20-7-2-1-3-8-20/h1-13,15H,16H2,(H,27,31)/b25-15+. The zero-order valence-electron chi connectivity index (χ0n) is 16.4. The van der Waals surface area contributed by atoms with Crippen LogP contribution in [0.4, 0.5) is 0 Å². The van der Waals surface area contributed by atoms with Gasteiger partial charge in [0, 0.05) is 11.1 Å². The van der Waals surface area contributed by atoms with E-state index in [4.69, 9.17) is 5.26 Å².